The number of halogens is 4. The number of carboxylic acid groups (broad SMARTS) is 1. The van der Waals surface area contributed by atoms with Crippen LogP contribution >= 0.6 is 11.6 Å². The third-order valence-electron chi connectivity index (χ3n) is 6.98. The Kier molecular flexibility index (Phi) is 6.32. The second-order valence-electron chi connectivity index (χ2n) is 9.24. The molecular formula is C25H22ClF3N2O6. The summed E-state index contributed by atoms with van der Waals surface area (Å²) >= 11 is 6.30. The molecule has 3 aromatic rings. The van der Waals surface area contributed by atoms with Crippen LogP contribution in [0.5, 0.6) is 0 Å². The van der Waals surface area contributed by atoms with Crippen LogP contribution in [-0.4, -0.2) is 68.2 Å². The van der Waals surface area contributed by atoms with Crippen molar-refractivity contribution in [3.05, 3.63) is 65.2 Å². The number of aliphatic hydroxyl groups is 3. The number of carboxylic acids is 1. The maximum atomic E-state index is 13.6. The smallest absolute Gasteiger partial charge is 0.398 e. The van der Waals surface area contributed by atoms with Gasteiger partial charge in [-0.1, -0.05) is 35.9 Å². The number of benzene rings is 2. The normalized spacial score (nSPS) is 27.2. The van der Waals surface area contributed by atoms with E-state index in [4.69, 9.17) is 16.3 Å². The van der Waals surface area contributed by atoms with Gasteiger partial charge in [0, 0.05) is 11.1 Å². The molecule has 1 aliphatic heterocycles. The Hall–Kier alpha value is -2.96. The third-order valence-corrected chi connectivity index (χ3v) is 7.28. The first-order valence-corrected chi connectivity index (χ1v) is 11.8. The summed E-state index contributed by atoms with van der Waals surface area (Å²) in [5, 5.41) is 41.8. The van der Waals surface area contributed by atoms with Gasteiger partial charge in [-0.05, 0) is 48.7 Å². The quantitative estimate of drug-likeness (QED) is 0.389. The van der Waals surface area contributed by atoms with E-state index >= 15 is 0 Å². The molecule has 2 heterocycles. The molecule has 5 rings (SSSR count). The van der Waals surface area contributed by atoms with E-state index in [1.54, 1.807) is 24.3 Å². The molecule has 8 nitrogen and oxygen atoms in total. The van der Waals surface area contributed by atoms with Crippen molar-refractivity contribution < 1.29 is 43.1 Å². The number of fused-ring (bicyclic) bond motifs is 1. The van der Waals surface area contributed by atoms with Crippen LogP contribution in [0.2, 0.25) is 5.02 Å². The highest BCUT2D eigenvalue weighted by Crippen LogP contribution is 2.59. The minimum atomic E-state index is -4.41. The fourth-order valence-electron chi connectivity index (χ4n) is 4.73. The molecule has 37 heavy (non-hydrogen) atoms. The molecular weight excluding hydrogens is 517 g/mol. The summed E-state index contributed by atoms with van der Waals surface area (Å²) in [6.45, 7) is 0. The number of hydrogen-bond acceptors (Lipinski definition) is 7. The number of aliphatic hydroxyl groups excluding tert-OH is 3. The van der Waals surface area contributed by atoms with Gasteiger partial charge in [-0.3, -0.25) is 4.90 Å². The van der Waals surface area contributed by atoms with Crippen LogP contribution in [0.25, 0.3) is 10.9 Å². The Bertz CT molecular complexity index is 1330. The number of para-hydroxylation sites is 1. The molecule has 1 aliphatic carbocycles. The van der Waals surface area contributed by atoms with Crippen molar-refractivity contribution in [2.75, 3.05) is 4.90 Å². The van der Waals surface area contributed by atoms with Crippen LogP contribution in [0, 0.1) is 0 Å². The number of pyridine rings is 1. The van der Waals surface area contributed by atoms with Crippen molar-refractivity contribution in [1.82, 2.24) is 4.98 Å². The lowest BCUT2D eigenvalue weighted by atomic mass is 9.94. The summed E-state index contributed by atoms with van der Waals surface area (Å²) in [7, 11) is 0. The number of alkyl halides is 3. The number of aliphatic carboxylic acids is 1. The summed E-state index contributed by atoms with van der Waals surface area (Å²) < 4.78 is 46.5. The zero-order chi connectivity index (χ0) is 26.7. The monoisotopic (exact) mass is 538 g/mol. The molecule has 1 saturated heterocycles. The Morgan fingerprint density at radius 1 is 1.00 bits per heavy atom. The highest BCUT2D eigenvalue weighted by Gasteiger charge is 2.64. The molecule has 0 bridgehead atoms. The van der Waals surface area contributed by atoms with E-state index in [0.29, 0.717) is 15.9 Å². The first-order valence-electron chi connectivity index (χ1n) is 11.4. The molecule has 5 atom stereocenters. The molecule has 1 saturated carbocycles. The molecule has 0 amide bonds. The largest absolute Gasteiger partial charge is 0.479 e. The van der Waals surface area contributed by atoms with Crippen LogP contribution in [0.4, 0.5) is 24.7 Å². The zero-order valence-electron chi connectivity index (χ0n) is 19.0. The number of carbonyl (C=O) groups is 1. The van der Waals surface area contributed by atoms with Crippen LogP contribution in [0.15, 0.2) is 54.6 Å². The van der Waals surface area contributed by atoms with Gasteiger partial charge >= 0.3 is 12.1 Å². The zero-order valence-corrected chi connectivity index (χ0v) is 19.8. The lowest BCUT2D eigenvalue weighted by Gasteiger charge is -2.44. The number of hydrogen-bond donors (Lipinski definition) is 4. The maximum Gasteiger partial charge on any atom is 0.398 e. The van der Waals surface area contributed by atoms with Crippen molar-refractivity contribution in [3.8, 4) is 0 Å². The van der Waals surface area contributed by atoms with E-state index in [-0.39, 0.29) is 29.9 Å². The molecule has 1 aromatic heterocycles. The minimum absolute atomic E-state index is 0.0287. The van der Waals surface area contributed by atoms with Gasteiger partial charge in [0.25, 0.3) is 0 Å². The molecule has 12 heteroatoms. The summed E-state index contributed by atoms with van der Waals surface area (Å²) in [4.78, 5) is 17.5. The Morgan fingerprint density at radius 2 is 1.68 bits per heavy atom. The number of anilines is 2. The number of aromatic nitrogens is 1. The van der Waals surface area contributed by atoms with Crippen LogP contribution in [-0.2, 0) is 14.9 Å². The van der Waals surface area contributed by atoms with Gasteiger partial charge in [0.2, 0.25) is 0 Å². The second-order valence-corrected chi connectivity index (χ2v) is 9.64. The van der Waals surface area contributed by atoms with Gasteiger partial charge in [-0.25, -0.2) is 9.78 Å². The van der Waals surface area contributed by atoms with E-state index in [1.807, 2.05) is 0 Å². The van der Waals surface area contributed by atoms with Crippen molar-refractivity contribution in [2.45, 2.75) is 55.1 Å². The summed E-state index contributed by atoms with van der Waals surface area (Å²) in [5.41, 5.74) is -1.27. The third kappa shape index (κ3) is 4.30. The first kappa shape index (κ1) is 25.7. The van der Waals surface area contributed by atoms with E-state index in [2.05, 4.69) is 4.98 Å². The SMILES string of the molecule is O=C(O)[C@H]1O[C@@H](N(c2ccc(C3(C(F)(F)F)CC3)cc2)c2ccc3cccc(Cl)c3n2)[C@H](O)[C@@H](O)[C@@H]1O. The molecule has 4 N–H and O–H groups in total. The van der Waals surface area contributed by atoms with Crippen LogP contribution in [0.1, 0.15) is 18.4 Å². The molecule has 0 radical (unpaired) electrons. The Labute approximate surface area is 213 Å². The van der Waals surface area contributed by atoms with Gasteiger partial charge in [-0.15, -0.1) is 0 Å². The molecule has 0 unspecified atom stereocenters. The Balaban J connectivity index is 1.62. The van der Waals surface area contributed by atoms with Gasteiger partial charge in [-0.2, -0.15) is 13.2 Å². The number of rotatable bonds is 5. The molecule has 0 spiro atoms. The standard InChI is InChI=1S/C25H22ClF3N2O6/c26-15-3-1-2-12-4-9-16(30-17(12)15)31(22-20(34)18(32)19(33)21(37-22)23(35)36)14-7-5-13(6-8-14)24(10-11-24)25(27,28)29/h1-9,18-22,32-34H,10-11H2,(H,35,36)/t18-,19-,20+,21-,22+/m0/s1. The van der Waals surface area contributed by atoms with E-state index in [1.165, 1.54) is 35.2 Å². The van der Waals surface area contributed by atoms with Crippen molar-refractivity contribution in [3.63, 3.8) is 0 Å². The first-order chi connectivity index (χ1) is 17.4. The van der Waals surface area contributed by atoms with Crippen LogP contribution < -0.4 is 4.90 Å². The summed E-state index contributed by atoms with van der Waals surface area (Å²) in [6.07, 6.45) is -13.6. The molecule has 2 fully saturated rings. The summed E-state index contributed by atoms with van der Waals surface area (Å²) in [6, 6.07) is 13.7. The van der Waals surface area contributed by atoms with Gasteiger partial charge in [0.05, 0.1) is 16.0 Å². The van der Waals surface area contributed by atoms with Gasteiger partial charge in [0.1, 0.15) is 24.1 Å². The van der Waals surface area contributed by atoms with E-state index < -0.39 is 48.2 Å². The maximum absolute atomic E-state index is 13.6. The number of ether oxygens (including phenoxy) is 1. The number of nitrogens with zero attached hydrogens (tertiary/aromatic N) is 2. The second kappa shape index (κ2) is 9.10. The van der Waals surface area contributed by atoms with Gasteiger partial charge < -0.3 is 25.2 Å². The predicted octanol–water partition coefficient (Wildman–Crippen LogP) is 3.51. The lowest BCUT2D eigenvalue weighted by Crippen LogP contribution is -2.63. The van der Waals surface area contributed by atoms with Crippen molar-refractivity contribution in [2.24, 2.45) is 0 Å². The van der Waals surface area contributed by atoms with Crippen molar-refractivity contribution >= 4 is 40.0 Å². The Morgan fingerprint density at radius 3 is 2.27 bits per heavy atom. The minimum Gasteiger partial charge on any atom is -0.479 e. The average Bonchev–Trinajstić information content (AvgIpc) is 3.67. The fraction of sp³-hybridized carbons (Fsp3) is 0.360. The van der Waals surface area contributed by atoms with Gasteiger partial charge in [0.15, 0.2) is 12.3 Å². The summed E-state index contributed by atoms with van der Waals surface area (Å²) in [5.74, 6) is -1.46. The predicted molar refractivity (Wildman–Crippen MR) is 127 cm³/mol. The highest BCUT2D eigenvalue weighted by molar-refractivity contribution is 6.35. The molecule has 196 valence electrons. The molecule has 2 aromatic carbocycles. The fourth-order valence-corrected chi connectivity index (χ4v) is 4.95. The van der Waals surface area contributed by atoms with E-state index in [9.17, 15) is 38.4 Å². The van der Waals surface area contributed by atoms with Crippen molar-refractivity contribution in [1.29, 1.82) is 0 Å². The van der Waals surface area contributed by atoms with Crippen LogP contribution in [0.3, 0.4) is 0 Å². The average molecular weight is 539 g/mol. The lowest BCUT2D eigenvalue weighted by molar-refractivity contribution is -0.225. The van der Waals surface area contributed by atoms with E-state index in [0.717, 1.165) is 0 Å². The topological polar surface area (TPSA) is 123 Å². The molecule has 2 aliphatic rings. The highest BCUT2D eigenvalue weighted by atomic mass is 35.5.